The number of ketones is 1. The molecule has 43 heavy (non-hydrogen) atoms. The van der Waals surface area contributed by atoms with Gasteiger partial charge in [0, 0.05) is 29.2 Å². The van der Waals surface area contributed by atoms with Crippen LogP contribution in [0.1, 0.15) is 66.3 Å². The fourth-order valence-electron chi connectivity index (χ4n) is 5.04. The molecule has 2 aromatic carbocycles. The highest BCUT2D eigenvalue weighted by Gasteiger charge is 2.45. The van der Waals surface area contributed by atoms with Crippen molar-refractivity contribution in [2.24, 2.45) is 4.99 Å². The molecule has 3 heterocycles. The Morgan fingerprint density at radius 2 is 1.88 bits per heavy atom. The average Bonchev–Trinajstić information content (AvgIpc) is 3.60. The van der Waals surface area contributed by atoms with Crippen molar-refractivity contribution >= 4 is 41.1 Å². The molecule has 0 unspecified atom stereocenters. The Kier molecular flexibility index (Phi) is 8.23. The summed E-state index contributed by atoms with van der Waals surface area (Å²) in [6.07, 6.45) is 2.29. The van der Waals surface area contributed by atoms with Crippen LogP contribution in [-0.4, -0.2) is 74.8 Å². The first kappa shape index (κ1) is 29.8. The Balaban J connectivity index is 1.69. The number of carboxylic acids is 1. The number of amides is 3. The molecule has 0 bridgehead atoms. The lowest BCUT2D eigenvalue weighted by Gasteiger charge is -2.36. The van der Waals surface area contributed by atoms with E-state index in [4.69, 9.17) is 25.9 Å². The van der Waals surface area contributed by atoms with E-state index in [0.717, 1.165) is 5.56 Å². The Labute approximate surface area is 252 Å². The highest BCUT2D eigenvalue weighted by molar-refractivity contribution is 6.30. The van der Waals surface area contributed by atoms with Crippen LogP contribution in [0.4, 0.5) is 4.79 Å². The van der Waals surface area contributed by atoms with Gasteiger partial charge < -0.3 is 24.6 Å². The Morgan fingerprint density at radius 3 is 2.51 bits per heavy atom. The van der Waals surface area contributed by atoms with E-state index in [-0.39, 0.29) is 36.1 Å². The van der Waals surface area contributed by atoms with Gasteiger partial charge in [-0.25, -0.2) is 4.79 Å². The van der Waals surface area contributed by atoms with Crippen molar-refractivity contribution in [1.82, 2.24) is 20.3 Å². The van der Waals surface area contributed by atoms with Gasteiger partial charge in [-0.3, -0.25) is 24.3 Å². The number of Topliss-reactive ketones (excluding diaryl/α,β-unsaturated/α-hetero) is 1. The number of urea groups is 1. The van der Waals surface area contributed by atoms with E-state index < -0.39 is 41.9 Å². The maximum atomic E-state index is 14.4. The number of ether oxygens (including phenoxy) is 1. The number of amidine groups is 1. The number of carbonyl (C=O) groups is 4. The van der Waals surface area contributed by atoms with Crippen molar-refractivity contribution in [3.8, 4) is 5.75 Å². The number of nitrogens with one attached hydrogen (secondary N) is 1. The molecule has 2 aliphatic heterocycles. The first-order chi connectivity index (χ1) is 20.4. The number of rotatable bonds is 7. The number of carboxylic acid groups (broad SMARTS) is 1. The van der Waals surface area contributed by atoms with Gasteiger partial charge in [-0.05, 0) is 50.6 Å². The number of aliphatic carboxylic acids is 1. The van der Waals surface area contributed by atoms with Crippen molar-refractivity contribution in [3.05, 3.63) is 82.2 Å². The molecule has 1 saturated heterocycles. The summed E-state index contributed by atoms with van der Waals surface area (Å²) in [4.78, 5) is 58.5. The summed E-state index contributed by atoms with van der Waals surface area (Å²) in [7, 11) is 0. The van der Waals surface area contributed by atoms with Gasteiger partial charge in [-0.2, -0.15) is 0 Å². The first-order valence-electron chi connectivity index (χ1n) is 13.6. The lowest BCUT2D eigenvalue weighted by Crippen LogP contribution is -2.55. The molecule has 3 aromatic rings. The summed E-state index contributed by atoms with van der Waals surface area (Å²) in [5, 5.41) is 16.3. The number of hydrogen-bond donors (Lipinski definition) is 2. The van der Waals surface area contributed by atoms with Crippen molar-refractivity contribution < 1.29 is 33.5 Å². The molecule has 0 aliphatic carbocycles. The minimum atomic E-state index is -1.25. The monoisotopic (exact) mass is 607 g/mol. The number of benzene rings is 2. The molecular weight excluding hydrogens is 578 g/mol. The molecular formula is C30H30ClN5O7. The number of aromatic nitrogens is 1. The van der Waals surface area contributed by atoms with Gasteiger partial charge in [0.05, 0.1) is 17.8 Å². The predicted octanol–water partition coefficient (Wildman–Crippen LogP) is 4.26. The molecule has 0 saturated carbocycles. The lowest BCUT2D eigenvalue weighted by molar-refractivity contribution is -0.136. The van der Waals surface area contributed by atoms with Gasteiger partial charge in [0.25, 0.3) is 0 Å². The van der Waals surface area contributed by atoms with Gasteiger partial charge in [-0.1, -0.05) is 35.0 Å². The average molecular weight is 608 g/mol. The summed E-state index contributed by atoms with van der Waals surface area (Å²) in [5.74, 6) is -1.66. The molecule has 1 fully saturated rings. The van der Waals surface area contributed by atoms with Crippen LogP contribution in [0.2, 0.25) is 5.02 Å². The molecule has 12 nitrogen and oxygen atoms in total. The summed E-state index contributed by atoms with van der Waals surface area (Å²) in [6, 6.07) is 9.76. The van der Waals surface area contributed by atoms with Gasteiger partial charge in [-0.15, -0.1) is 0 Å². The zero-order valence-corrected chi connectivity index (χ0v) is 24.5. The highest BCUT2D eigenvalue weighted by Crippen LogP contribution is 2.45. The Hall–Kier alpha value is -4.71. The number of halogens is 1. The third-order valence-corrected chi connectivity index (χ3v) is 7.11. The SMILES string of the molecule is CC(C)(C)Oc1cc(C(=O)CC(=O)O)ccc1C1=N[C@@H](c2cnoc2)[C@@H](c2ccc(Cl)cc2)N1C(=O)N1CCNC(=O)C1. The lowest BCUT2D eigenvalue weighted by atomic mass is 9.95. The van der Waals surface area contributed by atoms with E-state index >= 15 is 0 Å². The summed E-state index contributed by atoms with van der Waals surface area (Å²) < 4.78 is 11.4. The van der Waals surface area contributed by atoms with Crippen molar-refractivity contribution in [1.29, 1.82) is 0 Å². The number of aliphatic imine (C=N–C) groups is 1. The van der Waals surface area contributed by atoms with Crippen LogP contribution in [0.25, 0.3) is 0 Å². The van der Waals surface area contributed by atoms with E-state index in [2.05, 4.69) is 10.5 Å². The fraction of sp³-hybridized carbons (Fsp3) is 0.333. The second-order valence-electron chi connectivity index (χ2n) is 11.2. The maximum absolute atomic E-state index is 14.4. The molecule has 0 spiro atoms. The summed E-state index contributed by atoms with van der Waals surface area (Å²) in [6.45, 7) is 5.92. The van der Waals surface area contributed by atoms with Crippen molar-refractivity contribution in [2.75, 3.05) is 19.6 Å². The molecule has 2 N–H and O–H groups in total. The molecule has 2 atom stereocenters. The molecule has 1 aromatic heterocycles. The first-order valence-corrected chi connectivity index (χ1v) is 13.9. The Morgan fingerprint density at radius 1 is 1.14 bits per heavy atom. The van der Waals surface area contributed by atoms with E-state index in [9.17, 15) is 24.3 Å². The minimum absolute atomic E-state index is 0.137. The van der Waals surface area contributed by atoms with Gasteiger partial charge in [0.15, 0.2) is 5.78 Å². The zero-order valence-electron chi connectivity index (χ0n) is 23.7. The molecule has 13 heteroatoms. The smallest absolute Gasteiger partial charge is 0.326 e. The second kappa shape index (κ2) is 11.9. The van der Waals surface area contributed by atoms with Crippen LogP contribution < -0.4 is 10.1 Å². The number of nitrogens with zero attached hydrogens (tertiary/aromatic N) is 4. The van der Waals surface area contributed by atoms with Crippen LogP contribution >= 0.6 is 11.6 Å². The third-order valence-electron chi connectivity index (χ3n) is 6.86. The standard InChI is InChI=1S/C30H30ClN5O7/c1-30(2,3)43-23-12-18(22(37)13-25(39)40)6-9-21(23)28-34-26(19-14-33-42-16-19)27(17-4-7-20(31)8-5-17)36(28)29(41)35-11-10-32-24(38)15-35/h4-9,12,14,16,26-27H,10-11,13,15H2,1-3H3,(H,32,38)(H,39,40)/t26-,27+/m0/s1. The highest BCUT2D eigenvalue weighted by atomic mass is 35.5. The molecule has 0 radical (unpaired) electrons. The predicted molar refractivity (Wildman–Crippen MR) is 155 cm³/mol. The molecule has 2 aliphatic rings. The topological polar surface area (TPSA) is 155 Å². The maximum Gasteiger partial charge on any atom is 0.326 e. The largest absolute Gasteiger partial charge is 0.487 e. The van der Waals surface area contributed by atoms with Crippen LogP contribution in [0.15, 0.2) is 64.4 Å². The van der Waals surface area contributed by atoms with E-state index in [1.165, 1.54) is 34.4 Å². The van der Waals surface area contributed by atoms with Crippen molar-refractivity contribution in [3.63, 3.8) is 0 Å². The van der Waals surface area contributed by atoms with Gasteiger partial charge >= 0.3 is 12.0 Å². The third kappa shape index (κ3) is 6.54. The van der Waals surface area contributed by atoms with Crippen LogP contribution in [0, 0.1) is 0 Å². The van der Waals surface area contributed by atoms with Crippen molar-refractivity contribution in [2.45, 2.75) is 44.9 Å². The number of piperazine rings is 1. The quantitative estimate of drug-likeness (QED) is 0.298. The van der Waals surface area contributed by atoms with Gasteiger partial charge in [0.2, 0.25) is 5.91 Å². The number of hydrogen-bond acceptors (Lipinski definition) is 8. The Bertz CT molecular complexity index is 1580. The number of carbonyl (C=O) groups excluding carboxylic acids is 3. The van der Waals surface area contributed by atoms with E-state index in [1.807, 2.05) is 20.8 Å². The van der Waals surface area contributed by atoms with Crippen LogP contribution in [0.5, 0.6) is 5.75 Å². The second-order valence-corrected chi connectivity index (χ2v) is 11.6. The molecule has 5 rings (SSSR count). The minimum Gasteiger partial charge on any atom is -0.487 e. The van der Waals surface area contributed by atoms with Crippen LogP contribution in [0.3, 0.4) is 0 Å². The summed E-state index contributed by atoms with van der Waals surface area (Å²) in [5.41, 5.74) is 1.13. The van der Waals surface area contributed by atoms with E-state index in [0.29, 0.717) is 22.7 Å². The molecule has 224 valence electrons. The molecule has 3 amide bonds. The fourth-order valence-corrected chi connectivity index (χ4v) is 5.17. The zero-order chi connectivity index (χ0) is 30.9. The van der Waals surface area contributed by atoms with Crippen LogP contribution in [-0.2, 0) is 9.59 Å². The normalized spacial score (nSPS) is 18.7. The summed E-state index contributed by atoms with van der Waals surface area (Å²) >= 11 is 6.20. The van der Waals surface area contributed by atoms with Gasteiger partial charge in [0.1, 0.15) is 42.5 Å². The van der Waals surface area contributed by atoms with E-state index in [1.54, 1.807) is 30.3 Å².